The molecule has 0 aliphatic carbocycles. The standard InChI is InChI=1S/C36H37Cl2FO6/c1-2-36(23-42-24-36)22-41-13-5-3-4-6-14-43-31-10-9-26-17-28(8-7-27(26)18-31)35(40)45-32-11-12-34(33(38)20-32)44-21-25-15-29(37)19-30(39)16-25/h7-12,15-20H,2-6,13-14,21-24H2,1H3. The smallest absolute Gasteiger partial charge is 0.343 e. The minimum absolute atomic E-state index is 0.0761. The van der Waals surface area contributed by atoms with E-state index < -0.39 is 11.8 Å². The molecule has 0 N–H and O–H groups in total. The molecule has 9 heteroatoms. The summed E-state index contributed by atoms with van der Waals surface area (Å²) in [6, 6.07) is 20.1. The van der Waals surface area contributed by atoms with Gasteiger partial charge >= 0.3 is 5.97 Å². The molecule has 1 aliphatic heterocycles. The molecule has 1 saturated heterocycles. The number of esters is 1. The molecule has 0 unspecified atom stereocenters. The van der Waals surface area contributed by atoms with Crippen molar-refractivity contribution in [2.45, 2.75) is 45.6 Å². The van der Waals surface area contributed by atoms with E-state index in [9.17, 15) is 9.18 Å². The maximum absolute atomic E-state index is 13.6. The third kappa shape index (κ3) is 9.33. The van der Waals surface area contributed by atoms with Gasteiger partial charge < -0.3 is 23.7 Å². The fourth-order valence-corrected chi connectivity index (χ4v) is 5.51. The molecule has 0 amide bonds. The number of rotatable bonds is 16. The molecular formula is C36H37Cl2FO6. The lowest BCUT2D eigenvalue weighted by molar-refractivity contribution is -0.150. The molecule has 45 heavy (non-hydrogen) atoms. The molecule has 4 aromatic rings. The third-order valence-corrected chi connectivity index (χ3v) is 8.42. The molecule has 0 saturated carbocycles. The maximum atomic E-state index is 13.6. The van der Waals surface area contributed by atoms with Gasteiger partial charge in [0, 0.05) is 23.1 Å². The Morgan fingerprint density at radius 2 is 1.60 bits per heavy atom. The van der Waals surface area contributed by atoms with E-state index in [2.05, 4.69) is 6.92 Å². The second-order valence-corrected chi connectivity index (χ2v) is 12.3. The first-order valence-electron chi connectivity index (χ1n) is 15.2. The van der Waals surface area contributed by atoms with Crippen LogP contribution in [0.1, 0.15) is 54.9 Å². The lowest BCUT2D eigenvalue weighted by atomic mass is 9.84. The Morgan fingerprint density at radius 1 is 0.844 bits per heavy atom. The third-order valence-electron chi connectivity index (χ3n) is 7.90. The fourth-order valence-electron chi connectivity index (χ4n) is 5.04. The maximum Gasteiger partial charge on any atom is 0.343 e. The highest BCUT2D eigenvalue weighted by atomic mass is 35.5. The van der Waals surface area contributed by atoms with Crippen LogP contribution in [0.25, 0.3) is 10.8 Å². The molecule has 0 bridgehead atoms. The molecule has 0 radical (unpaired) electrons. The number of carbonyl (C=O) groups is 1. The van der Waals surface area contributed by atoms with E-state index in [1.54, 1.807) is 30.3 Å². The summed E-state index contributed by atoms with van der Waals surface area (Å²) in [6.45, 7) is 6.17. The summed E-state index contributed by atoms with van der Waals surface area (Å²) in [4.78, 5) is 12.9. The Kier molecular flexibility index (Phi) is 11.6. The largest absolute Gasteiger partial charge is 0.494 e. The van der Waals surface area contributed by atoms with Gasteiger partial charge in [0.25, 0.3) is 0 Å². The lowest BCUT2D eigenvalue weighted by Crippen LogP contribution is -2.45. The normalized spacial score (nSPS) is 13.8. The van der Waals surface area contributed by atoms with Crippen LogP contribution >= 0.6 is 23.2 Å². The van der Waals surface area contributed by atoms with Crippen LogP contribution in [0.3, 0.4) is 0 Å². The molecule has 1 heterocycles. The highest BCUT2D eigenvalue weighted by Gasteiger charge is 2.36. The first kappa shape index (κ1) is 33.0. The number of hydrogen-bond acceptors (Lipinski definition) is 6. The van der Waals surface area contributed by atoms with E-state index >= 15 is 0 Å². The van der Waals surface area contributed by atoms with Gasteiger partial charge in [-0.3, -0.25) is 0 Å². The van der Waals surface area contributed by atoms with Crippen molar-refractivity contribution in [2.24, 2.45) is 5.41 Å². The number of halogens is 3. The summed E-state index contributed by atoms with van der Waals surface area (Å²) in [5, 5.41) is 2.40. The summed E-state index contributed by atoms with van der Waals surface area (Å²) < 4.78 is 42.0. The molecule has 6 nitrogen and oxygen atoms in total. The van der Waals surface area contributed by atoms with Gasteiger partial charge in [-0.15, -0.1) is 0 Å². The van der Waals surface area contributed by atoms with Gasteiger partial charge in [-0.05, 0) is 96.6 Å². The molecule has 0 atom stereocenters. The predicted molar refractivity (Wildman–Crippen MR) is 174 cm³/mol. The Hall–Kier alpha value is -3.36. The summed E-state index contributed by atoms with van der Waals surface area (Å²) in [7, 11) is 0. The zero-order chi connectivity index (χ0) is 31.6. The average molecular weight is 656 g/mol. The van der Waals surface area contributed by atoms with Gasteiger partial charge in [0.2, 0.25) is 0 Å². The van der Waals surface area contributed by atoms with Crippen LogP contribution in [0.5, 0.6) is 17.2 Å². The highest BCUT2D eigenvalue weighted by molar-refractivity contribution is 6.32. The van der Waals surface area contributed by atoms with Crippen molar-refractivity contribution in [2.75, 3.05) is 33.0 Å². The topological polar surface area (TPSA) is 63.2 Å². The molecule has 0 aromatic heterocycles. The number of hydrogen-bond donors (Lipinski definition) is 0. The van der Waals surface area contributed by atoms with Crippen molar-refractivity contribution in [3.8, 4) is 17.2 Å². The summed E-state index contributed by atoms with van der Waals surface area (Å²) in [5.41, 5.74) is 1.22. The average Bonchev–Trinajstić information content (AvgIpc) is 3.00. The number of fused-ring (bicyclic) bond motifs is 1. The van der Waals surface area contributed by atoms with E-state index in [0.29, 0.717) is 23.5 Å². The Morgan fingerprint density at radius 3 is 2.33 bits per heavy atom. The van der Waals surface area contributed by atoms with E-state index in [-0.39, 0.29) is 27.8 Å². The van der Waals surface area contributed by atoms with Crippen LogP contribution < -0.4 is 14.2 Å². The van der Waals surface area contributed by atoms with Crippen LogP contribution in [-0.2, 0) is 16.1 Å². The number of ether oxygens (including phenoxy) is 5. The number of carbonyl (C=O) groups excluding carboxylic acids is 1. The minimum atomic E-state index is -0.510. The Balaban J connectivity index is 1.04. The molecule has 1 aliphatic rings. The van der Waals surface area contributed by atoms with Crippen molar-refractivity contribution in [1.29, 1.82) is 0 Å². The molecular weight excluding hydrogens is 618 g/mol. The van der Waals surface area contributed by atoms with Crippen LogP contribution in [0.15, 0.2) is 72.8 Å². The summed E-state index contributed by atoms with van der Waals surface area (Å²) >= 11 is 12.2. The lowest BCUT2D eigenvalue weighted by Gasteiger charge is -2.40. The minimum Gasteiger partial charge on any atom is -0.494 e. The van der Waals surface area contributed by atoms with Crippen molar-refractivity contribution >= 4 is 39.9 Å². The van der Waals surface area contributed by atoms with E-state index in [0.717, 1.165) is 75.1 Å². The molecule has 5 rings (SSSR count). The SMILES string of the molecule is CCC1(COCCCCCCOc2ccc3cc(C(=O)Oc4ccc(OCc5cc(F)cc(Cl)c5)c(Cl)c4)ccc3c2)COC1. The van der Waals surface area contributed by atoms with Crippen molar-refractivity contribution < 1.29 is 32.9 Å². The van der Waals surface area contributed by atoms with E-state index in [1.807, 2.05) is 24.3 Å². The zero-order valence-electron chi connectivity index (χ0n) is 25.3. The molecule has 4 aromatic carbocycles. The first-order chi connectivity index (χ1) is 21.8. The quantitative estimate of drug-likeness (QED) is 0.0681. The van der Waals surface area contributed by atoms with Gasteiger partial charge in [-0.25, -0.2) is 9.18 Å². The van der Waals surface area contributed by atoms with Crippen LogP contribution in [0, 0.1) is 11.2 Å². The number of unbranched alkanes of at least 4 members (excludes halogenated alkanes) is 3. The van der Waals surface area contributed by atoms with E-state index in [4.69, 9.17) is 46.9 Å². The van der Waals surface area contributed by atoms with Crippen LogP contribution in [0.4, 0.5) is 4.39 Å². The Labute approximate surface area is 273 Å². The summed E-state index contributed by atoms with van der Waals surface area (Å²) in [5.74, 6) is 0.480. The van der Waals surface area contributed by atoms with Gasteiger partial charge in [0.1, 0.15) is 29.7 Å². The first-order valence-corrected chi connectivity index (χ1v) is 16.0. The molecule has 0 spiro atoms. The number of benzene rings is 4. The second-order valence-electron chi connectivity index (χ2n) is 11.4. The predicted octanol–water partition coefficient (Wildman–Crippen LogP) is 9.47. The van der Waals surface area contributed by atoms with Gasteiger partial charge in [0.05, 0.1) is 37.0 Å². The van der Waals surface area contributed by atoms with Gasteiger partial charge in [0.15, 0.2) is 0 Å². The molecule has 238 valence electrons. The fraction of sp³-hybridized carbons (Fsp3) is 0.361. The molecule has 1 fully saturated rings. The van der Waals surface area contributed by atoms with E-state index in [1.165, 1.54) is 18.2 Å². The van der Waals surface area contributed by atoms with Crippen molar-refractivity contribution in [3.63, 3.8) is 0 Å². The highest BCUT2D eigenvalue weighted by Crippen LogP contribution is 2.32. The van der Waals surface area contributed by atoms with Crippen LogP contribution in [-0.4, -0.2) is 39.0 Å². The monoisotopic (exact) mass is 654 g/mol. The van der Waals surface area contributed by atoms with Crippen LogP contribution in [0.2, 0.25) is 10.0 Å². The second kappa shape index (κ2) is 15.8. The van der Waals surface area contributed by atoms with Crippen molar-refractivity contribution in [3.05, 3.63) is 99.8 Å². The zero-order valence-corrected chi connectivity index (χ0v) is 26.8. The van der Waals surface area contributed by atoms with Gasteiger partial charge in [-0.1, -0.05) is 48.7 Å². The van der Waals surface area contributed by atoms with Crippen molar-refractivity contribution in [1.82, 2.24) is 0 Å². The summed E-state index contributed by atoms with van der Waals surface area (Å²) in [6.07, 6.45) is 5.35. The Bertz CT molecular complexity index is 1580. The van der Waals surface area contributed by atoms with Gasteiger partial charge in [-0.2, -0.15) is 0 Å².